The fourth-order valence-corrected chi connectivity index (χ4v) is 1.61. The van der Waals surface area contributed by atoms with Crippen LogP contribution in [-0.4, -0.2) is 16.9 Å². The molecule has 1 saturated carbocycles. The van der Waals surface area contributed by atoms with Gasteiger partial charge in [0.25, 0.3) is 0 Å². The molecule has 1 aliphatic rings. The van der Waals surface area contributed by atoms with Crippen LogP contribution in [0.15, 0.2) is 24.3 Å². The van der Waals surface area contributed by atoms with E-state index < -0.39 is 5.97 Å². The minimum absolute atomic E-state index is 0.0470. The molecule has 0 radical (unpaired) electrons. The van der Waals surface area contributed by atoms with Crippen molar-refractivity contribution >= 4 is 11.8 Å². The Bertz CT molecular complexity index is 276. The molecule has 0 spiro atoms. The number of carboxylic acid groups (broad SMARTS) is 1. The molecule has 1 N–H and O–H groups in total. The topological polar surface area (TPSA) is 54.4 Å². The molecule has 3 nitrogen and oxygen atoms in total. The maximum absolute atomic E-state index is 11.2. The van der Waals surface area contributed by atoms with Gasteiger partial charge in [-0.3, -0.25) is 9.59 Å². The standard InChI is InChI=1S/C10H12O3/c1-2-3-8-7(6-10(12)13)4-5-9(8)11/h2-3,7H,1,4-6H2,(H,12,13). The van der Waals surface area contributed by atoms with Crippen LogP contribution in [0.2, 0.25) is 0 Å². The van der Waals surface area contributed by atoms with Crippen molar-refractivity contribution in [2.45, 2.75) is 19.3 Å². The minimum atomic E-state index is -0.852. The highest BCUT2D eigenvalue weighted by Crippen LogP contribution is 2.30. The lowest BCUT2D eigenvalue weighted by Gasteiger charge is -2.05. The molecule has 1 aliphatic carbocycles. The lowest BCUT2D eigenvalue weighted by molar-refractivity contribution is -0.137. The average Bonchev–Trinajstić information content (AvgIpc) is 2.35. The average molecular weight is 180 g/mol. The number of allylic oxidation sites excluding steroid dienone is 3. The zero-order valence-electron chi connectivity index (χ0n) is 7.32. The van der Waals surface area contributed by atoms with Crippen LogP contribution in [0.5, 0.6) is 0 Å². The molecule has 0 aromatic rings. The number of ketones is 1. The van der Waals surface area contributed by atoms with Crippen molar-refractivity contribution in [1.29, 1.82) is 0 Å². The third kappa shape index (κ3) is 2.28. The monoisotopic (exact) mass is 180 g/mol. The normalized spacial score (nSPS) is 25.1. The van der Waals surface area contributed by atoms with E-state index in [1.54, 1.807) is 6.08 Å². The third-order valence-electron chi connectivity index (χ3n) is 2.20. The molecule has 0 aliphatic heterocycles. The number of Topliss-reactive ketones (excluding diaryl/α,β-unsaturated/α-hetero) is 1. The maximum Gasteiger partial charge on any atom is 0.303 e. The summed E-state index contributed by atoms with van der Waals surface area (Å²) >= 11 is 0. The lowest BCUT2D eigenvalue weighted by Crippen LogP contribution is -2.07. The molecule has 0 amide bonds. The van der Waals surface area contributed by atoms with Gasteiger partial charge in [-0.2, -0.15) is 0 Å². The van der Waals surface area contributed by atoms with E-state index in [-0.39, 0.29) is 18.1 Å². The summed E-state index contributed by atoms with van der Waals surface area (Å²) in [7, 11) is 0. The van der Waals surface area contributed by atoms with Gasteiger partial charge in [-0.05, 0) is 17.9 Å². The summed E-state index contributed by atoms with van der Waals surface area (Å²) < 4.78 is 0. The highest BCUT2D eigenvalue weighted by molar-refractivity contribution is 5.98. The summed E-state index contributed by atoms with van der Waals surface area (Å²) in [4.78, 5) is 21.7. The molecule has 13 heavy (non-hydrogen) atoms. The number of rotatable bonds is 3. The number of carboxylic acids is 1. The Morgan fingerprint density at radius 1 is 1.69 bits per heavy atom. The Morgan fingerprint density at radius 3 is 2.92 bits per heavy atom. The molecule has 70 valence electrons. The van der Waals surface area contributed by atoms with Crippen molar-refractivity contribution in [3.63, 3.8) is 0 Å². The van der Waals surface area contributed by atoms with Gasteiger partial charge in [-0.25, -0.2) is 0 Å². The molecule has 0 aromatic carbocycles. The summed E-state index contributed by atoms with van der Waals surface area (Å²) in [5.41, 5.74) is 0.623. The van der Waals surface area contributed by atoms with E-state index in [0.29, 0.717) is 18.4 Å². The second-order valence-electron chi connectivity index (χ2n) is 3.11. The number of carbonyl (C=O) groups excluding carboxylic acids is 1. The lowest BCUT2D eigenvalue weighted by atomic mass is 9.98. The number of hydrogen-bond donors (Lipinski definition) is 1. The van der Waals surface area contributed by atoms with Crippen molar-refractivity contribution in [1.82, 2.24) is 0 Å². The van der Waals surface area contributed by atoms with Crippen LogP contribution in [0.1, 0.15) is 19.3 Å². The molecule has 0 heterocycles. The molecule has 1 fully saturated rings. The first kappa shape index (κ1) is 9.71. The van der Waals surface area contributed by atoms with Crippen LogP contribution in [0.4, 0.5) is 0 Å². The van der Waals surface area contributed by atoms with Gasteiger partial charge in [0.1, 0.15) is 0 Å². The molecular formula is C10H12O3. The van der Waals surface area contributed by atoms with Gasteiger partial charge in [-0.1, -0.05) is 18.7 Å². The van der Waals surface area contributed by atoms with Gasteiger partial charge in [-0.15, -0.1) is 0 Å². The minimum Gasteiger partial charge on any atom is -0.481 e. The molecule has 0 saturated heterocycles. The molecule has 0 bridgehead atoms. The fraction of sp³-hybridized carbons (Fsp3) is 0.400. The summed E-state index contributed by atoms with van der Waals surface area (Å²) in [5, 5.41) is 8.58. The van der Waals surface area contributed by atoms with Crippen molar-refractivity contribution in [3.05, 3.63) is 24.3 Å². The fourth-order valence-electron chi connectivity index (χ4n) is 1.61. The van der Waals surface area contributed by atoms with Crippen LogP contribution < -0.4 is 0 Å². The second-order valence-corrected chi connectivity index (χ2v) is 3.11. The Balaban J connectivity index is 2.75. The van der Waals surface area contributed by atoms with Crippen LogP contribution in [0.3, 0.4) is 0 Å². The van der Waals surface area contributed by atoms with Crippen LogP contribution in [0, 0.1) is 5.92 Å². The Labute approximate surface area is 76.8 Å². The highest BCUT2D eigenvalue weighted by Gasteiger charge is 2.29. The van der Waals surface area contributed by atoms with E-state index in [1.165, 1.54) is 6.08 Å². The first-order valence-corrected chi connectivity index (χ1v) is 4.22. The zero-order chi connectivity index (χ0) is 9.84. The van der Waals surface area contributed by atoms with Crippen molar-refractivity contribution in [2.24, 2.45) is 5.92 Å². The molecule has 3 heteroatoms. The molecule has 0 aromatic heterocycles. The van der Waals surface area contributed by atoms with Gasteiger partial charge in [0.05, 0.1) is 6.42 Å². The summed E-state index contributed by atoms with van der Waals surface area (Å²) in [6, 6.07) is 0. The van der Waals surface area contributed by atoms with Gasteiger partial charge in [0.2, 0.25) is 0 Å². The Kier molecular flexibility index (Phi) is 3.01. The predicted molar refractivity (Wildman–Crippen MR) is 48.3 cm³/mol. The van der Waals surface area contributed by atoms with E-state index in [1.807, 2.05) is 0 Å². The van der Waals surface area contributed by atoms with Gasteiger partial charge in [0.15, 0.2) is 5.78 Å². The second kappa shape index (κ2) is 4.03. The Morgan fingerprint density at radius 2 is 2.38 bits per heavy atom. The van der Waals surface area contributed by atoms with E-state index in [9.17, 15) is 9.59 Å². The van der Waals surface area contributed by atoms with Crippen molar-refractivity contribution in [3.8, 4) is 0 Å². The number of carbonyl (C=O) groups is 2. The predicted octanol–water partition coefficient (Wildman–Crippen LogP) is 1.55. The van der Waals surface area contributed by atoms with Crippen molar-refractivity contribution < 1.29 is 14.7 Å². The molecule has 1 atom stereocenters. The maximum atomic E-state index is 11.2. The summed E-state index contributed by atoms with van der Waals surface area (Å²) in [6.45, 7) is 3.50. The van der Waals surface area contributed by atoms with Crippen LogP contribution in [0.25, 0.3) is 0 Å². The molecule has 1 rings (SSSR count). The summed E-state index contributed by atoms with van der Waals surface area (Å²) in [6.07, 6.45) is 4.34. The third-order valence-corrected chi connectivity index (χ3v) is 2.20. The quantitative estimate of drug-likeness (QED) is 0.670. The molecule has 1 unspecified atom stereocenters. The van der Waals surface area contributed by atoms with Gasteiger partial charge < -0.3 is 5.11 Å². The van der Waals surface area contributed by atoms with E-state index in [4.69, 9.17) is 5.11 Å². The van der Waals surface area contributed by atoms with Crippen LogP contribution in [-0.2, 0) is 9.59 Å². The van der Waals surface area contributed by atoms with Gasteiger partial charge in [0, 0.05) is 6.42 Å². The smallest absolute Gasteiger partial charge is 0.303 e. The number of aliphatic carboxylic acids is 1. The van der Waals surface area contributed by atoms with E-state index in [0.717, 1.165) is 0 Å². The number of hydrogen-bond acceptors (Lipinski definition) is 2. The van der Waals surface area contributed by atoms with Crippen LogP contribution >= 0.6 is 0 Å². The first-order valence-electron chi connectivity index (χ1n) is 4.22. The zero-order valence-corrected chi connectivity index (χ0v) is 7.32. The highest BCUT2D eigenvalue weighted by atomic mass is 16.4. The largest absolute Gasteiger partial charge is 0.481 e. The van der Waals surface area contributed by atoms with E-state index in [2.05, 4.69) is 6.58 Å². The first-order chi connectivity index (χ1) is 6.15. The van der Waals surface area contributed by atoms with Crippen molar-refractivity contribution in [2.75, 3.05) is 0 Å². The van der Waals surface area contributed by atoms with Gasteiger partial charge >= 0.3 is 5.97 Å². The summed E-state index contributed by atoms with van der Waals surface area (Å²) in [5.74, 6) is -0.899. The SMILES string of the molecule is C=CC=C1C(=O)CCC1CC(=O)O. The molecular weight excluding hydrogens is 168 g/mol. The Hall–Kier alpha value is -1.38. The van der Waals surface area contributed by atoms with E-state index >= 15 is 0 Å².